The molecule has 0 aliphatic rings. The molecule has 0 aromatic carbocycles. The minimum absolute atomic E-state index is 0.0686. The fourth-order valence-electron chi connectivity index (χ4n) is 0.911. The molecule has 1 aromatic heterocycles. The molecular weight excluding hydrogens is 202 g/mol. The monoisotopic (exact) mass is 213 g/mol. The van der Waals surface area contributed by atoms with Crippen LogP contribution in [0.2, 0.25) is 0 Å². The Morgan fingerprint density at radius 1 is 1.40 bits per heavy atom. The first-order valence-corrected chi connectivity index (χ1v) is 4.46. The van der Waals surface area contributed by atoms with E-state index in [9.17, 15) is 10.1 Å². The molecule has 0 unspecified atom stereocenters. The van der Waals surface area contributed by atoms with Crippen molar-refractivity contribution in [1.29, 1.82) is 0 Å². The summed E-state index contributed by atoms with van der Waals surface area (Å²) in [6.07, 6.45) is 1.07. The van der Waals surface area contributed by atoms with Crippen molar-refractivity contribution in [2.24, 2.45) is 0 Å². The first kappa shape index (κ1) is 11.2. The molecule has 1 rings (SSSR count). The molecule has 0 fully saturated rings. The zero-order valence-corrected chi connectivity index (χ0v) is 8.47. The molecule has 0 N–H and O–H groups in total. The highest BCUT2D eigenvalue weighted by molar-refractivity contribution is 5.38. The summed E-state index contributed by atoms with van der Waals surface area (Å²) in [7, 11) is 0. The number of aromatic nitrogens is 2. The third-order valence-corrected chi connectivity index (χ3v) is 1.46. The van der Waals surface area contributed by atoms with Gasteiger partial charge in [0, 0.05) is 0 Å². The Bertz CT molecular complexity index is 356. The molecule has 0 spiro atoms. The van der Waals surface area contributed by atoms with Gasteiger partial charge in [-0.1, -0.05) is 0 Å². The van der Waals surface area contributed by atoms with Crippen LogP contribution in [-0.2, 0) is 0 Å². The summed E-state index contributed by atoms with van der Waals surface area (Å²) in [5.41, 5.74) is -0.264. The summed E-state index contributed by atoms with van der Waals surface area (Å²) in [4.78, 5) is 17.4. The van der Waals surface area contributed by atoms with Gasteiger partial charge in [0.1, 0.15) is 6.20 Å². The average Bonchev–Trinajstić information content (AvgIpc) is 2.18. The molecule has 15 heavy (non-hydrogen) atoms. The Labute approximate surface area is 86.2 Å². The van der Waals surface area contributed by atoms with Crippen LogP contribution in [0.1, 0.15) is 13.8 Å². The van der Waals surface area contributed by atoms with Crippen LogP contribution in [0.25, 0.3) is 0 Å². The molecule has 0 bridgehead atoms. The van der Waals surface area contributed by atoms with Gasteiger partial charge in [-0.05, 0) is 13.8 Å². The lowest BCUT2D eigenvalue weighted by Gasteiger charge is -2.04. The molecule has 7 nitrogen and oxygen atoms in total. The lowest BCUT2D eigenvalue weighted by molar-refractivity contribution is -0.386. The van der Waals surface area contributed by atoms with E-state index < -0.39 is 4.92 Å². The van der Waals surface area contributed by atoms with Crippen molar-refractivity contribution in [2.75, 3.05) is 13.2 Å². The highest BCUT2D eigenvalue weighted by atomic mass is 16.6. The Balaban J connectivity index is 3.03. The smallest absolute Gasteiger partial charge is 0.349 e. The van der Waals surface area contributed by atoms with E-state index in [1.165, 1.54) is 0 Å². The van der Waals surface area contributed by atoms with Crippen LogP contribution in [-0.4, -0.2) is 28.1 Å². The van der Waals surface area contributed by atoms with Crippen LogP contribution >= 0.6 is 0 Å². The first-order valence-electron chi connectivity index (χ1n) is 4.46. The fourth-order valence-corrected chi connectivity index (χ4v) is 0.911. The van der Waals surface area contributed by atoms with E-state index in [0.29, 0.717) is 13.2 Å². The van der Waals surface area contributed by atoms with Gasteiger partial charge in [0.2, 0.25) is 0 Å². The highest BCUT2D eigenvalue weighted by Crippen LogP contribution is 2.24. The lowest BCUT2D eigenvalue weighted by Crippen LogP contribution is -2.04. The van der Waals surface area contributed by atoms with Gasteiger partial charge in [-0.25, -0.2) is 0 Å². The highest BCUT2D eigenvalue weighted by Gasteiger charge is 2.18. The molecule has 0 atom stereocenters. The van der Waals surface area contributed by atoms with Crippen LogP contribution in [0.3, 0.4) is 0 Å². The van der Waals surface area contributed by atoms with Gasteiger partial charge in [0.25, 0.3) is 0 Å². The summed E-state index contributed by atoms with van der Waals surface area (Å²) in [6, 6.07) is 0.0755. The Morgan fingerprint density at radius 2 is 2.07 bits per heavy atom. The Kier molecular flexibility index (Phi) is 3.78. The van der Waals surface area contributed by atoms with Gasteiger partial charge >= 0.3 is 17.6 Å². The van der Waals surface area contributed by atoms with E-state index in [0.717, 1.165) is 6.20 Å². The normalized spacial score (nSPS) is 9.73. The molecule has 0 radical (unpaired) electrons. The quantitative estimate of drug-likeness (QED) is 0.539. The van der Waals surface area contributed by atoms with Crippen molar-refractivity contribution in [2.45, 2.75) is 13.8 Å². The maximum Gasteiger partial charge on any atom is 0.349 e. The minimum atomic E-state index is -0.597. The molecular formula is C8H11N3O4. The topological polar surface area (TPSA) is 87.4 Å². The van der Waals surface area contributed by atoms with E-state index in [-0.39, 0.29) is 17.6 Å². The molecule has 1 aromatic rings. The van der Waals surface area contributed by atoms with Gasteiger partial charge in [0.05, 0.1) is 18.1 Å². The Morgan fingerprint density at radius 3 is 2.60 bits per heavy atom. The van der Waals surface area contributed by atoms with Crippen molar-refractivity contribution >= 4 is 5.69 Å². The van der Waals surface area contributed by atoms with E-state index in [4.69, 9.17) is 9.47 Å². The maximum atomic E-state index is 10.6. The van der Waals surface area contributed by atoms with Crippen molar-refractivity contribution in [3.63, 3.8) is 0 Å². The largest absolute Gasteiger partial charge is 0.473 e. The molecule has 7 heteroatoms. The van der Waals surface area contributed by atoms with Crippen LogP contribution < -0.4 is 9.47 Å². The van der Waals surface area contributed by atoms with Crippen LogP contribution in [0.5, 0.6) is 11.9 Å². The van der Waals surface area contributed by atoms with Crippen molar-refractivity contribution in [3.8, 4) is 11.9 Å². The van der Waals surface area contributed by atoms with Crippen molar-refractivity contribution < 1.29 is 14.4 Å². The fraction of sp³-hybridized carbons (Fsp3) is 0.500. The number of nitrogens with zero attached hydrogens (tertiary/aromatic N) is 3. The molecule has 0 amide bonds. The molecule has 0 aliphatic carbocycles. The zero-order chi connectivity index (χ0) is 11.3. The van der Waals surface area contributed by atoms with E-state index in [1.54, 1.807) is 13.8 Å². The lowest BCUT2D eigenvalue weighted by atomic mass is 10.5. The maximum absolute atomic E-state index is 10.6. The average molecular weight is 213 g/mol. The number of nitro groups is 1. The second-order valence-electron chi connectivity index (χ2n) is 2.47. The number of rotatable bonds is 5. The number of ether oxygens (including phenoxy) is 2. The second kappa shape index (κ2) is 5.08. The van der Waals surface area contributed by atoms with E-state index in [2.05, 4.69) is 9.97 Å². The van der Waals surface area contributed by atoms with E-state index in [1.807, 2.05) is 0 Å². The Hall–Kier alpha value is -1.92. The van der Waals surface area contributed by atoms with Gasteiger partial charge in [-0.3, -0.25) is 10.1 Å². The second-order valence-corrected chi connectivity index (χ2v) is 2.47. The molecule has 82 valence electrons. The van der Waals surface area contributed by atoms with E-state index >= 15 is 0 Å². The summed E-state index contributed by atoms with van der Waals surface area (Å²) in [6.45, 7) is 4.17. The summed E-state index contributed by atoms with van der Waals surface area (Å²) in [5, 5.41) is 10.6. The predicted octanol–water partition coefficient (Wildman–Crippen LogP) is 1.18. The van der Waals surface area contributed by atoms with Crippen molar-refractivity contribution in [3.05, 3.63) is 16.3 Å². The molecule has 0 aliphatic heterocycles. The zero-order valence-electron chi connectivity index (χ0n) is 8.47. The third kappa shape index (κ3) is 2.76. The predicted molar refractivity (Wildman–Crippen MR) is 51.0 cm³/mol. The molecule has 0 saturated heterocycles. The SMILES string of the molecule is CCOc1ncc([N+](=O)[O-])c(OCC)n1. The minimum Gasteiger partial charge on any atom is -0.473 e. The first-order chi connectivity index (χ1) is 7.19. The molecule has 0 saturated carbocycles. The molecule has 1 heterocycles. The third-order valence-electron chi connectivity index (χ3n) is 1.46. The summed E-state index contributed by atoms with van der Waals surface area (Å²) in [5.74, 6) is -0.0686. The summed E-state index contributed by atoms with van der Waals surface area (Å²) < 4.78 is 10.0. The summed E-state index contributed by atoms with van der Waals surface area (Å²) >= 11 is 0. The van der Waals surface area contributed by atoms with Gasteiger partial charge < -0.3 is 9.47 Å². The van der Waals surface area contributed by atoms with Gasteiger partial charge in [0.15, 0.2) is 0 Å². The van der Waals surface area contributed by atoms with Crippen LogP contribution in [0.4, 0.5) is 5.69 Å². The van der Waals surface area contributed by atoms with Crippen LogP contribution in [0.15, 0.2) is 6.20 Å². The van der Waals surface area contributed by atoms with Gasteiger partial charge in [-0.2, -0.15) is 9.97 Å². The van der Waals surface area contributed by atoms with Crippen molar-refractivity contribution in [1.82, 2.24) is 9.97 Å². The number of hydrogen-bond donors (Lipinski definition) is 0. The standard InChI is InChI=1S/C8H11N3O4/c1-3-14-7-6(11(12)13)5-9-8(10-7)15-4-2/h5H,3-4H2,1-2H3. The number of hydrogen-bond acceptors (Lipinski definition) is 6. The van der Waals surface area contributed by atoms with Crippen LogP contribution in [0, 0.1) is 10.1 Å². The van der Waals surface area contributed by atoms with Gasteiger partial charge in [-0.15, -0.1) is 0 Å².